The molecule has 0 radical (unpaired) electrons. The van der Waals surface area contributed by atoms with Gasteiger partial charge >= 0.3 is 5.97 Å². The molecule has 0 bridgehead atoms. The summed E-state index contributed by atoms with van der Waals surface area (Å²) in [5, 5.41) is 8.95. The second kappa shape index (κ2) is 5.06. The second-order valence-corrected chi connectivity index (χ2v) is 3.47. The molecule has 0 saturated carbocycles. The molecule has 5 heteroatoms. The smallest absolute Gasteiger partial charge is 0.339 e. The van der Waals surface area contributed by atoms with Crippen LogP contribution in [-0.2, 0) is 10.6 Å². The highest BCUT2D eigenvalue weighted by atomic mass is 35.5. The summed E-state index contributed by atoms with van der Waals surface area (Å²) in [4.78, 5) is 11.9. The maximum absolute atomic E-state index is 11.3. The van der Waals surface area contributed by atoms with Gasteiger partial charge in [0.1, 0.15) is 6.07 Å². The van der Waals surface area contributed by atoms with Crippen molar-refractivity contribution < 1.29 is 9.53 Å². The number of nitriles is 1. The van der Waals surface area contributed by atoms with Crippen LogP contribution in [-0.4, -0.2) is 13.1 Å². The molecule has 0 aromatic heterocycles. The van der Waals surface area contributed by atoms with Crippen LogP contribution in [0.1, 0.15) is 21.5 Å². The van der Waals surface area contributed by atoms with Gasteiger partial charge in [0.2, 0.25) is 0 Å². The molecule has 0 amide bonds. The quantitative estimate of drug-likeness (QED) is 0.491. The zero-order valence-electron chi connectivity index (χ0n) is 7.95. The lowest BCUT2D eigenvalue weighted by molar-refractivity contribution is 0.0600. The van der Waals surface area contributed by atoms with Crippen molar-refractivity contribution in [2.24, 2.45) is 0 Å². The van der Waals surface area contributed by atoms with Gasteiger partial charge in [-0.2, -0.15) is 5.26 Å². The molecule has 3 nitrogen and oxygen atoms in total. The predicted octanol–water partition coefficient (Wildman–Crippen LogP) is 2.37. The molecule has 15 heavy (non-hydrogen) atoms. The minimum atomic E-state index is -0.550. The topological polar surface area (TPSA) is 50.1 Å². The van der Waals surface area contributed by atoms with Gasteiger partial charge in [-0.15, -0.1) is 24.2 Å². The minimum absolute atomic E-state index is 0.132. The third-order valence-electron chi connectivity index (χ3n) is 1.94. The SMILES string of the molecule is COC(=O)c1ccc(S)c(CCl)c1C#N. The fourth-order valence-corrected chi connectivity index (χ4v) is 1.82. The Bertz CT molecular complexity index is 440. The van der Waals surface area contributed by atoms with E-state index in [9.17, 15) is 4.79 Å². The number of nitrogens with zero attached hydrogens (tertiary/aromatic N) is 1. The summed E-state index contributed by atoms with van der Waals surface area (Å²) in [5.41, 5.74) is 0.989. The van der Waals surface area contributed by atoms with E-state index in [0.29, 0.717) is 10.5 Å². The Balaban J connectivity index is 3.43. The molecule has 1 aromatic rings. The average Bonchev–Trinajstić information content (AvgIpc) is 2.27. The molecule has 0 aliphatic rings. The Morgan fingerprint density at radius 2 is 2.33 bits per heavy atom. The van der Waals surface area contributed by atoms with E-state index in [1.807, 2.05) is 6.07 Å². The summed E-state index contributed by atoms with van der Waals surface area (Å²) in [5.74, 6) is -0.418. The van der Waals surface area contributed by atoms with Gasteiger partial charge in [-0.3, -0.25) is 0 Å². The third-order valence-corrected chi connectivity index (χ3v) is 2.63. The molecule has 0 unspecified atom stereocenters. The van der Waals surface area contributed by atoms with Crippen LogP contribution in [0.2, 0.25) is 0 Å². The minimum Gasteiger partial charge on any atom is -0.465 e. The molecular weight excluding hydrogens is 234 g/mol. The Kier molecular flexibility index (Phi) is 4.01. The number of carbonyl (C=O) groups is 1. The Morgan fingerprint density at radius 3 is 2.80 bits per heavy atom. The lowest BCUT2D eigenvalue weighted by atomic mass is 10.0. The van der Waals surface area contributed by atoms with Crippen LogP contribution in [0.15, 0.2) is 17.0 Å². The highest BCUT2D eigenvalue weighted by molar-refractivity contribution is 7.80. The molecule has 0 heterocycles. The Morgan fingerprint density at radius 1 is 1.67 bits per heavy atom. The first-order valence-corrected chi connectivity index (χ1v) is 5.03. The summed E-state index contributed by atoms with van der Waals surface area (Å²) < 4.78 is 4.56. The van der Waals surface area contributed by atoms with Crippen LogP contribution in [0, 0.1) is 11.3 Å². The van der Waals surface area contributed by atoms with Crippen LogP contribution < -0.4 is 0 Å². The third kappa shape index (κ3) is 2.25. The van der Waals surface area contributed by atoms with E-state index in [1.165, 1.54) is 13.2 Å². The van der Waals surface area contributed by atoms with Crippen LogP contribution in [0.5, 0.6) is 0 Å². The van der Waals surface area contributed by atoms with Crippen LogP contribution in [0.3, 0.4) is 0 Å². The number of thiol groups is 1. The molecule has 0 atom stereocenters. The number of benzene rings is 1. The number of hydrogen-bond donors (Lipinski definition) is 1. The molecule has 1 aromatic carbocycles. The lowest BCUT2D eigenvalue weighted by Gasteiger charge is -2.07. The molecule has 1 rings (SSSR count). The van der Waals surface area contributed by atoms with Gasteiger partial charge in [0.05, 0.1) is 18.2 Å². The van der Waals surface area contributed by atoms with Gasteiger partial charge in [-0.25, -0.2) is 4.79 Å². The van der Waals surface area contributed by atoms with E-state index < -0.39 is 5.97 Å². The largest absolute Gasteiger partial charge is 0.465 e. The van der Waals surface area contributed by atoms with E-state index in [0.717, 1.165) is 0 Å². The van der Waals surface area contributed by atoms with Crippen molar-refractivity contribution in [1.29, 1.82) is 5.26 Å². The normalized spacial score (nSPS) is 9.47. The molecule has 0 aliphatic carbocycles. The maximum atomic E-state index is 11.3. The predicted molar refractivity (Wildman–Crippen MR) is 59.3 cm³/mol. The van der Waals surface area contributed by atoms with E-state index >= 15 is 0 Å². The summed E-state index contributed by atoms with van der Waals surface area (Å²) in [6.45, 7) is 0. The Hall–Kier alpha value is -1.18. The monoisotopic (exact) mass is 241 g/mol. The zero-order valence-corrected chi connectivity index (χ0v) is 9.60. The van der Waals surface area contributed by atoms with Gasteiger partial charge in [-0.05, 0) is 17.7 Å². The second-order valence-electron chi connectivity index (χ2n) is 2.72. The van der Waals surface area contributed by atoms with Crippen molar-refractivity contribution >= 4 is 30.2 Å². The summed E-state index contributed by atoms with van der Waals surface area (Å²) >= 11 is 9.84. The van der Waals surface area contributed by atoms with Gasteiger partial charge in [-0.1, -0.05) is 0 Å². The number of halogens is 1. The van der Waals surface area contributed by atoms with Crippen molar-refractivity contribution in [3.8, 4) is 6.07 Å². The van der Waals surface area contributed by atoms with Crippen molar-refractivity contribution in [3.05, 3.63) is 28.8 Å². The number of carbonyl (C=O) groups excluding carboxylic acids is 1. The molecular formula is C10H8ClNO2S. The number of alkyl halides is 1. The first-order valence-electron chi connectivity index (χ1n) is 4.05. The van der Waals surface area contributed by atoms with Crippen molar-refractivity contribution in [3.63, 3.8) is 0 Å². The van der Waals surface area contributed by atoms with Crippen molar-refractivity contribution in [2.75, 3.05) is 7.11 Å². The van der Waals surface area contributed by atoms with Gasteiger partial charge in [0.15, 0.2) is 0 Å². The molecule has 0 spiro atoms. The van der Waals surface area contributed by atoms with Crippen LogP contribution in [0.4, 0.5) is 0 Å². The van der Waals surface area contributed by atoms with Gasteiger partial charge in [0, 0.05) is 10.8 Å². The fourth-order valence-electron chi connectivity index (χ4n) is 1.18. The number of rotatable bonds is 2. The molecule has 0 saturated heterocycles. The summed E-state index contributed by atoms with van der Waals surface area (Å²) in [6, 6.07) is 5.06. The standard InChI is InChI=1S/C10H8ClNO2S/c1-14-10(13)6-2-3-9(15)7(4-11)8(6)5-12/h2-3,15H,4H2,1H3. The fraction of sp³-hybridized carbons (Fsp3) is 0.200. The van der Waals surface area contributed by atoms with E-state index in [2.05, 4.69) is 17.4 Å². The van der Waals surface area contributed by atoms with E-state index in [4.69, 9.17) is 16.9 Å². The van der Waals surface area contributed by atoms with Crippen LogP contribution in [0.25, 0.3) is 0 Å². The lowest BCUT2D eigenvalue weighted by Crippen LogP contribution is -2.06. The van der Waals surface area contributed by atoms with Gasteiger partial charge < -0.3 is 4.74 Å². The first-order chi connectivity index (χ1) is 7.15. The molecule has 0 fully saturated rings. The Labute approximate surface area is 98.0 Å². The van der Waals surface area contributed by atoms with Gasteiger partial charge in [0.25, 0.3) is 0 Å². The number of esters is 1. The molecule has 0 aliphatic heterocycles. The number of hydrogen-bond acceptors (Lipinski definition) is 4. The maximum Gasteiger partial charge on any atom is 0.339 e. The van der Waals surface area contributed by atoms with Crippen LogP contribution >= 0.6 is 24.2 Å². The van der Waals surface area contributed by atoms with Crippen molar-refractivity contribution in [1.82, 2.24) is 0 Å². The van der Waals surface area contributed by atoms with E-state index in [-0.39, 0.29) is 17.0 Å². The summed E-state index contributed by atoms with van der Waals surface area (Å²) in [7, 11) is 1.26. The number of ether oxygens (including phenoxy) is 1. The average molecular weight is 242 g/mol. The molecule has 78 valence electrons. The molecule has 0 N–H and O–H groups in total. The number of methoxy groups -OCH3 is 1. The highest BCUT2D eigenvalue weighted by Crippen LogP contribution is 2.24. The first kappa shape index (κ1) is 11.9. The zero-order chi connectivity index (χ0) is 11.4. The van der Waals surface area contributed by atoms with E-state index in [1.54, 1.807) is 6.07 Å². The highest BCUT2D eigenvalue weighted by Gasteiger charge is 2.16. The summed E-state index contributed by atoms with van der Waals surface area (Å²) in [6.07, 6.45) is 0. The van der Waals surface area contributed by atoms with Crippen molar-refractivity contribution in [2.45, 2.75) is 10.8 Å².